The maximum Gasteiger partial charge on any atom is 0.0752 e. The molecule has 1 heterocycles. The predicted molar refractivity (Wildman–Crippen MR) is 133 cm³/mol. The van der Waals surface area contributed by atoms with Gasteiger partial charge < -0.3 is 14.4 Å². The van der Waals surface area contributed by atoms with E-state index >= 15 is 0 Å². The highest BCUT2D eigenvalue weighted by molar-refractivity contribution is 6.07. The van der Waals surface area contributed by atoms with Gasteiger partial charge in [-0.25, -0.2) is 0 Å². The molecule has 0 unspecified atom stereocenters. The van der Waals surface area contributed by atoms with Crippen LogP contribution in [0.15, 0.2) is 48.5 Å². The zero-order chi connectivity index (χ0) is 22.4. The summed E-state index contributed by atoms with van der Waals surface area (Å²) >= 11 is 0. The molecule has 3 rings (SSSR count). The molecule has 2 aromatic carbocycles. The van der Waals surface area contributed by atoms with Crippen LogP contribution in [0.4, 0.5) is 0 Å². The normalized spacial score (nSPS) is 10.4. The largest absolute Gasteiger partial charge is 0.327 e. The Balaban J connectivity index is 0.000000547. The first kappa shape index (κ1) is 27.1. The van der Waals surface area contributed by atoms with E-state index in [-0.39, 0.29) is 0 Å². The molecule has 0 saturated carbocycles. The van der Waals surface area contributed by atoms with Crippen LogP contribution < -0.4 is 0 Å². The minimum Gasteiger partial charge on any atom is -0.327 e. The third kappa shape index (κ3) is 9.44. The third-order valence-electron chi connectivity index (χ3n) is 4.37. The fourth-order valence-corrected chi connectivity index (χ4v) is 2.44. The fourth-order valence-electron chi connectivity index (χ4n) is 2.44. The SMILES string of the molecule is CC.CCN(C)C.CCN(C)C.CN(C)Cn1c2ccccc2c2ccccc21. The Kier molecular flexibility index (Phi) is 14.1. The maximum absolute atomic E-state index is 2.37. The minimum absolute atomic E-state index is 0.911. The Labute approximate surface area is 179 Å². The number of rotatable bonds is 4. The Bertz CT molecular complexity index is 726. The quantitative estimate of drug-likeness (QED) is 0.577. The lowest BCUT2D eigenvalue weighted by Gasteiger charge is -2.13. The Morgan fingerprint density at radius 3 is 1.17 bits per heavy atom. The van der Waals surface area contributed by atoms with E-state index < -0.39 is 0 Å². The van der Waals surface area contributed by atoms with Crippen molar-refractivity contribution in [3.63, 3.8) is 0 Å². The summed E-state index contributed by atoms with van der Waals surface area (Å²) in [6, 6.07) is 17.2. The number of hydrogen-bond donors (Lipinski definition) is 0. The van der Waals surface area contributed by atoms with Crippen LogP contribution in [-0.2, 0) is 6.67 Å². The van der Waals surface area contributed by atoms with Crippen molar-refractivity contribution in [2.24, 2.45) is 0 Å². The summed E-state index contributed by atoms with van der Waals surface area (Å²) in [7, 11) is 12.4. The molecule has 0 amide bonds. The van der Waals surface area contributed by atoms with Crippen LogP contribution in [0.2, 0.25) is 0 Å². The molecule has 0 aliphatic heterocycles. The van der Waals surface area contributed by atoms with Crippen LogP contribution in [0.1, 0.15) is 27.7 Å². The molecule has 0 aliphatic carbocycles. The standard InChI is InChI=1S/C15H16N2.2C4H11N.C2H6/c1-16(2)11-17-14-9-5-3-7-12(14)13-8-4-6-10-15(13)17;2*1-4-5(2)3;1-2/h3-10H,11H2,1-2H3;2*4H2,1-3H3;1-2H3. The van der Waals surface area contributed by atoms with Crippen molar-refractivity contribution >= 4 is 21.8 Å². The molecule has 0 N–H and O–H groups in total. The molecule has 29 heavy (non-hydrogen) atoms. The van der Waals surface area contributed by atoms with Gasteiger partial charge in [0.1, 0.15) is 0 Å². The summed E-state index contributed by atoms with van der Waals surface area (Å²) in [5, 5.41) is 2.68. The summed E-state index contributed by atoms with van der Waals surface area (Å²) in [6.45, 7) is 11.4. The van der Waals surface area contributed by atoms with Crippen LogP contribution in [0.5, 0.6) is 0 Å². The molecule has 0 saturated heterocycles. The Morgan fingerprint density at radius 1 is 0.586 bits per heavy atom. The molecular formula is C25H44N4. The van der Waals surface area contributed by atoms with Crippen molar-refractivity contribution in [2.75, 3.05) is 55.4 Å². The zero-order valence-electron chi connectivity index (χ0n) is 20.5. The molecule has 4 heteroatoms. The van der Waals surface area contributed by atoms with Crippen molar-refractivity contribution in [1.82, 2.24) is 19.3 Å². The molecule has 0 radical (unpaired) electrons. The molecule has 0 fully saturated rings. The maximum atomic E-state index is 2.37. The number of benzene rings is 2. The molecular weight excluding hydrogens is 356 g/mol. The van der Waals surface area contributed by atoms with Gasteiger partial charge in [0.15, 0.2) is 0 Å². The average molecular weight is 401 g/mol. The predicted octanol–water partition coefficient (Wildman–Crippen LogP) is 5.48. The lowest BCUT2D eigenvalue weighted by molar-refractivity contribution is 0.338. The number of nitrogens with zero attached hydrogens (tertiary/aromatic N) is 4. The van der Waals surface area contributed by atoms with E-state index in [1.54, 1.807) is 0 Å². The van der Waals surface area contributed by atoms with Gasteiger partial charge in [-0.3, -0.25) is 4.90 Å². The fraction of sp³-hybridized carbons (Fsp3) is 0.520. The van der Waals surface area contributed by atoms with E-state index in [1.807, 2.05) is 13.8 Å². The number of para-hydroxylation sites is 2. The van der Waals surface area contributed by atoms with E-state index in [4.69, 9.17) is 0 Å². The van der Waals surface area contributed by atoms with Gasteiger partial charge >= 0.3 is 0 Å². The summed E-state index contributed by atoms with van der Waals surface area (Å²) in [5.74, 6) is 0. The van der Waals surface area contributed by atoms with Gasteiger partial charge in [0.2, 0.25) is 0 Å². The van der Waals surface area contributed by atoms with Crippen LogP contribution >= 0.6 is 0 Å². The second-order valence-corrected chi connectivity index (χ2v) is 7.48. The molecule has 0 bridgehead atoms. The van der Waals surface area contributed by atoms with Crippen molar-refractivity contribution in [1.29, 1.82) is 0 Å². The number of hydrogen-bond acceptors (Lipinski definition) is 3. The van der Waals surface area contributed by atoms with Crippen molar-refractivity contribution in [3.05, 3.63) is 48.5 Å². The van der Waals surface area contributed by atoms with Gasteiger partial charge in [0.25, 0.3) is 0 Å². The monoisotopic (exact) mass is 400 g/mol. The molecule has 3 aromatic rings. The highest BCUT2D eigenvalue weighted by atomic mass is 15.2. The van der Waals surface area contributed by atoms with E-state index in [1.165, 1.54) is 21.8 Å². The van der Waals surface area contributed by atoms with Gasteiger partial charge in [-0.1, -0.05) is 64.1 Å². The first-order valence-electron chi connectivity index (χ1n) is 10.7. The first-order chi connectivity index (χ1) is 13.8. The Hall–Kier alpha value is -1.88. The third-order valence-corrected chi connectivity index (χ3v) is 4.37. The van der Waals surface area contributed by atoms with Crippen LogP contribution in [0.3, 0.4) is 0 Å². The van der Waals surface area contributed by atoms with E-state index in [9.17, 15) is 0 Å². The summed E-state index contributed by atoms with van der Waals surface area (Å²) in [6.07, 6.45) is 0. The van der Waals surface area contributed by atoms with Gasteiger partial charge in [0, 0.05) is 10.8 Å². The summed E-state index contributed by atoms with van der Waals surface area (Å²) in [4.78, 5) is 6.44. The molecule has 0 spiro atoms. The lowest BCUT2D eigenvalue weighted by atomic mass is 10.2. The second-order valence-electron chi connectivity index (χ2n) is 7.48. The number of fused-ring (bicyclic) bond motifs is 3. The average Bonchev–Trinajstić information content (AvgIpc) is 3.04. The van der Waals surface area contributed by atoms with E-state index in [0.717, 1.165) is 19.8 Å². The van der Waals surface area contributed by atoms with Crippen molar-refractivity contribution in [2.45, 2.75) is 34.4 Å². The molecule has 0 atom stereocenters. The van der Waals surface area contributed by atoms with Crippen molar-refractivity contribution < 1.29 is 0 Å². The smallest absolute Gasteiger partial charge is 0.0752 e. The van der Waals surface area contributed by atoms with Gasteiger partial charge in [-0.15, -0.1) is 0 Å². The highest BCUT2D eigenvalue weighted by Gasteiger charge is 2.09. The summed E-state index contributed by atoms with van der Waals surface area (Å²) < 4.78 is 2.37. The zero-order valence-corrected chi connectivity index (χ0v) is 20.5. The van der Waals surface area contributed by atoms with Gasteiger partial charge in [0.05, 0.1) is 17.7 Å². The van der Waals surface area contributed by atoms with Gasteiger partial charge in [-0.2, -0.15) is 0 Å². The van der Waals surface area contributed by atoms with Crippen LogP contribution in [0, 0.1) is 0 Å². The van der Waals surface area contributed by atoms with Crippen molar-refractivity contribution in [3.8, 4) is 0 Å². The van der Waals surface area contributed by atoms with E-state index in [2.05, 4.69) is 124 Å². The van der Waals surface area contributed by atoms with E-state index in [0.29, 0.717) is 0 Å². The molecule has 0 aliphatic rings. The molecule has 164 valence electrons. The minimum atomic E-state index is 0.911. The Morgan fingerprint density at radius 2 is 0.897 bits per heavy atom. The van der Waals surface area contributed by atoms with Crippen LogP contribution in [0.25, 0.3) is 21.8 Å². The number of aromatic nitrogens is 1. The molecule has 1 aromatic heterocycles. The first-order valence-corrected chi connectivity index (χ1v) is 10.7. The summed E-state index contributed by atoms with van der Waals surface area (Å²) in [5.41, 5.74) is 2.62. The highest BCUT2D eigenvalue weighted by Crippen LogP contribution is 2.28. The molecule has 4 nitrogen and oxygen atoms in total. The second kappa shape index (κ2) is 15.0. The van der Waals surface area contributed by atoms with Crippen LogP contribution in [-0.4, -0.2) is 74.6 Å². The van der Waals surface area contributed by atoms with Gasteiger partial charge in [-0.05, 0) is 67.5 Å². The topological polar surface area (TPSA) is 14.7 Å². The lowest BCUT2D eigenvalue weighted by Crippen LogP contribution is -2.16.